The van der Waals surface area contributed by atoms with Gasteiger partial charge in [0.05, 0.1) is 12.8 Å². The Morgan fingerprint density at radius 1 is 1.31 bits per heavy atom. The SMILES string of the molecule is COC(=O)C1=NN(C(C)=O)C2(C)C(=O)N(c3cccc(Cl)c3C)C(=O)C12. The minimum atomic E-state index is -1.64. The Morgan fingerprint density at radius 2 is 1.96 bits per heavy atom. The van der Waals surface area contributed by atoms with Crippen LogP contribution in [0.3, 0.4) is 0 Å². The van der Waals surface area contributed by atoms with Gasteiger partial charge in [-0.1, -0.05) is 17.7 Å². The van der Waals surface area contributed by atoms with E-state index in [-0.39, 0.29) is 5.71 Å². The van der Waals surface area contributed by atoms with Crippen LogP contribution in [0.1, 0.15) is 19.4 Å². The van der Waals surface area contributed by atoms with Gasteiger partial charge in [-0.3, -0.25) is 14.4 Å². The summed E-state index contributed by atoms with van der Waals surface area (Å²) in [5.74, 6) is -3.99. The average molecular weight is 378 g/mol. The number of imide groups is 1. The number of carbonyl (C=O) groups excluding carboxylic acids is 4. The minimum Gasteiger partial charge on any atom is -0.464 e. The van der Waals surface area contributed by atoms with E-state index < -0.39 is 35.1 Å². The van der Waals surface area contributed by atoms with Crippen LogP contribution < -0.4 is 4.90 Å². The van der Waals surface area contributed by atoms with Gasteiger partial charge in [0.15, 0.2) is 11.3 Å². The van der Waals surface area contributed by atoms with Gasteiger partial charge in [0.1, 0.15) is 5.92 Å². The monoisotopic (exact) mass is 377 g/mol. The van der Waals surface area contributed by atoms with Gasteiger partial charge in [0.2, 0.25) is 11.8 Å². The number of benzene rings is 1. The smallest absolute Gasteiger partial charge is 0.355 e. The van der Waals surface area contributed by atoms with E-state index in [0.717, 1.165) is 17.0 Å². The molecule has 0 spiro atoms. The Bertz CT molecular complexity index is 896. The average Bonchev–Trinajstić information content (AvgIpc) is 3.01. The van der Waals surface area contributed by atoms with E-state index in [1.54, 1.807) is 25.1 Å². The third-order valence-corrected chi connectivity index (χ3v) is 5.17. The van der Waals surface area contributed by atoms with Crippen molar-refractivity contribution in [3.8, 4) is 0 Å². The molecule has 26 heavy (non-hydrogen) atoms. The Kier molecular flexibility index (Phi) is 4.11. The molecule has 3 amide bonds. The number of carbonyl (C=O) groups is 4. The van der Waals surface area contributed by atoms with Crippen LogP contribution >= 0.6 is 11.6 Å². The van der Waals surface area contributed by atoms with E-state index in [1.165, 1.54) is 13.8 Å². The maximum atomic E-state index is 13.2. The molecule has 2 unspecified atom stereocenters. The Morgan fingerprint density at radius 3 is 2.54 bits per heavy atom. The third kappa shape index (κ3) is 2.18. The quantitative estimate of drug-likeness (QED) is 0.571. The van der Waals surface area contributed by atoms with E-state index in [0.29, 0.717) is 16.3 Å². The molecule has 1 fully saturated rings. The van der Waals surface area contributed by atoms with Crippen molar-refractivity contribution in [3.63, 3.8) is 0 Å². The largest absolute Gasteiger partial charge is 0.464 e. The van der Waals surface area contributed by atoms with E-state index in [1.807, 2.05) is 0 Å². The maximum absolute atomic E-state index is 13.2. The van der Waals surface area contributed by atoms with Crippen molar-refractivity contribution in [2.75, 3.05) is 12.0 Å². The zero-order chi connectivity index (χ0) is 19.4. The van der Waals surface area contributed by atoms with Crippen molar-refractivity contribution < 1.29 is 23.9 Å². The molecule has 136 valence electrons. The molecular weight excluding hydrogens is 362 g/mol. The van der Waals surface area contributed by atoms with Crippen molar-refractivity contribution in [2.24, 2.45) is 11.0 Å². The number of fused-ring (bicyclic) bond motifs is 1. The highest BCUT2D eigenvalue weighted by Crippen LogP contribution is 2.44. The number of hydrogen-bond acceptors (Lipinski definition) is 6. The van der Waals surface area contributed by atoms with Crippen LogP contribution in [0.25, 0.3) is 0 Å². The Hall–Kier alpha value is -2.74. The van der Waals surface area contributed by atoms with Crippen molar-refractivity contribution in [3.05, 3.63) is 28.8 Å². The van der Waals surface area contributed by atoms with E-state index in [2.05, 4.69) is 9.84 Å². The first kappa shape index (κ1) is 18.1. The number of rotatable bonds is 2. The van der Waals surface area contributed by atoms with Crippen LogP contribution in [0.2, 0.25) is 5.02 Å². The van der Waals surface area contributed by atoms with E-state index in [4.69, 9.17) is 11.6 Å². The van der Waals surface area contributed by atoms with E-state index in [9.17, 15) is 19.2 Å². The molecule has 0 aromatic heterocycles. The number of anilines is 1. The molecule has 0 aliphatic carbocycles. The highest BCUT2D eigenvalue weighted by atomic mass is 35.5. The van der Waals surface area contributed by atoms with Crippen molar-refractivity contribution >= 4 is 46.7 Å². The number of halogens is 1. The molecule has 2 aliphatic heterocycles. The van der Waals surface area contributed by atoms with Crippen LogP contribution in [0.4, 0.5) is 5.69 Å². The first-order chi connectivity index (χ1) is 12.2. The highest BCUT2D eigenvalue weighted by Gasteiger charge is 2.68. The molecule has 2 aliphatic rings. The molecule has 1 saturated heterocycles. The molecule has 0 saturated carbocycles. The molecule has 1 aromatic rings. The molecule has 8 nitrogen and oxygen atoms in total. The van der Waals surface area contributed by atoms with Gasteiger partial charge in [-0.15, -0.1) is 0 Å². The molecule has 0 radical (unpaired) electrons. The van der Waals surface area contributed by atoms with Crippen LogP contribution in [0, 0.1) is 12.8 Å². The lowest BCUT2D eigenvalue weighted by Gasteiger charge is -2.29. The van der Waals surface area contributed by atoms with Crippen LogP contribution in [-0.4, -0.2) is 47.1 Å². The Balaban J connectivity index is 2.19. The lowest BCUT2D eigenvalue weighted by Crippen LogP contribution is -2.52. The molecule has 1 aromatic carbocycles. The summed E-state index contributed by atoms with van der Waals surface area (Å²) in [4.78, 5) is 51.4. The standard InChI is InChI=1S/C17H16ClN3O5/c1-8-10(18)6-5-7-11(8)20-14(23)12-13(15(24)26-4)19-21(9(2)22)17(12,3)16(20)25/h5-7,12H,1-4H3. The fourth-order valence-corrected chi connectivity index (χ4v) is 3.58. The van der Waals surface area contributed by atoms with Crippen molar-refractivity contribution in [2.45, 2.75) is 26.3 Å². The first-order valence-electron chi connectivity index (χ1n) is 7.77. The van der Waals surface area contributed by atoms with Gasteiger partial charge in [-0.25, -0.2) is 14.7 Å². The minimum absolute atomic E-state index is 0.272. The fraction of sp³-hybridized carbons (Fsp3) is 0.353. The second kappa shape index (κ2) is 5.91. The van der Waals surface area contributed by atoms with Crippen LogP contribution in [-0.2, 0) is 23.9 Å². The highest BCUT2D eigenvalue weighted by molar-refractivity contribution is 6.48. The van der Waals surface area contributed by atoms with Gasteiger partial charge >= 0.3 is 5.97 Å². The summed E-state index contributed by atoms with van der Waals surface area (Å²) in [6.45, 7) is 4.29. The van der Waals surface area contributed by atoms with Crippen LogP contribution in [0.5, 0.6) is 0 Å². The normalized spacial score (nSPS) is 24.7. The van der Waals surface area contributed by atoms with Gasteiger partial charge in [-0.2, -0.15) is 5.10 Å². The molecule has 2 atom stereocenters. The Labute approximate surface area is 154 Å². The molecule has 2 heterocycles. The van der Waals surface area contributed by atoms with Gasteiger partial charge in [0.25, 0.3) is 5.91 Å². The summed E-state index contributed by atoms with van der Waals surface area (Å²) in [6, 6.07) is 4.82. The molecule has 9 heteroatoms. The fourth-order valence-electron chi connectivity index (χ4n) is 3.41. The summed E-state index contributed by atoms with van der Waals surface area (Å²) in [7, 11) is 1.14. The second-order valence-corrected chi connectivity index (χ2v) is 6.66. The number of nitrogens with zero attached hydrogens (tertiary/aromatic N) is 3. The van der Waals surface area contributed by atoms with E-state index >= 15 is 0 Å². The number of amides is 3. The number of methoxy groups -OCH3 is 1. The predicted octanol–water partition coefficient (Wildman–Crippen LogP) is 1.29. The van der Waals surface area contributed by atoms with Crippen LogP contribution in [0.15, 0.2) is 23.3 Å². The predicted molar refractivity (Wildman–Crippen MR) is 92.5 cm³/mol. The summed E-state index contributed by atoms with van der Waals surface area (Å²) < 4.78 is 4.67. The molecule has 0 N–H and O–H groups in total. The zero-order valence-electron chi connectivity index (χ0n) is 14.6. The molecule has 3 rings (SSSR count). The van der Waals surface area contributed by atoms with Gasteiger partial charge in [0, 0.05) is 11.9 Å². The zero-order valence-corrected chi connectivity index (χ0v) is 15.3. The number of hydrogen-bond donors (Lipinski definition) is 0. The lowest BCUT2D eigenvalue weighted by molar-refractivity contribution is -0.142. The third-order valence-electron chi connectivity index (χ3n) is 4.76. The number of ether oxygens (including phenoxy) is 1. The van der Waals surface area contributed by atoms with Gasteiger partial charge in [-0.05, 0) is 31.5 Å². The van der Waals surface area contributed by atoms with Crippen molar-refractivity contribution in [1.82, 2.24) is 5.01 Å². The number of hydrazone groups is 1. The first-order valence-corrected chi connectivity index (χ1v) is 8.15. The summed E-state index contributed by atoms with van der Waals surface area (Å²) >= 11 is 6.11. The summed E-state index contributed by atoms with van der Waals surface area (Å²) in [5, 5.41) is 5.18. The second-order valence-electron chi connectivity index (χ2n) is 6.25. The van der Waals surface area contributed by atoms with Gasteiger partial charge < -0.3 is 4.74 Å². The number of esters is 1. The molecular formula is C17H16ClN3O5. The maximum Gasteiger partial charge on any atom is 0.355 e. The molecule has 0 bridgehead atoms. The van der Waals surface area contributed by atoms with Crippen molar-refractivity contribution in [1.29, 1.82) is 0 Å². The topological polar surface area (TPSA) is 96.3 Å². The lowest BCUT2D eigenvalue weighted by atomic mass is 9.85. The summed E-state index contributed by atoms with van der Waals surface area (Å²) in [5.41, 5.74) is -1.08. The summed E-state index contributed by atoms with van der Waals surface area (Å²) in [6.07, 6.45) is 0.